The quantitative estimate of drug-likeness (QED) is 0.222. The summed E-state index contributed by atoms with van der Waals surface area (Å²) in [4.78, 5) is 11.1. The van der Waals surface area contributed by atoms with Gasteiger partial charge in [-0.2, -0.15) is 0 Å². The van der Waals surface area contributed by atoms with E-state index in [9.17, 15) is 4.79 Å². The molecule has 0 aliphatic rings. The van der Waals surface area contributed by atoms with Gasteiger partial charge in [0.15, 0.2) is 0 Å². The molecule has 0 fully saturated rings. The zero-order valence-corrected chi connectivity index (χ0v) is 12.9. The van der Waals surface area contributed by atoms with Crippen LogP contribution in [0.25, 0.3) is 0 Å². The maximum absolute atomic E-state index is 11.1. The molecule has 0 atom stereocenters. The van der Waals surface area contributed by atoms with Crippen molar-refractivity contribution in [3.05, 3.63) is 23.8 Å². The van der Waals surface area contributed by atoms with Gasteiger partial charge in [-0.3, -0.25) is 0 Å². The van der Waals surface area contributed by atoms with Gasteiger partial charge in [-0.15, -0.1) is 0 Å². The first kappa shape index (κ1) is 17.9. The Hall–Kier alpha value is -1.05. The van der Waals surface area contributed by atoms with Crippen molar-refractivity contribution in [2.75, 3.05) is 6.61 Å². The molecule has 0 radical (unpaired) electrons. The number of unbranched alkanes of at least 4 members (excludes halogenated alkanes) is 6. The van der Waals surface area contributed by atoms with Crippen LogP contribution in [0.4, 0.5) is 0 Å². The molecular weight excluding hydrogens is 236 g/mol. The third-order valence-corrected chi connectivity index (χ3v) is 3.07. The third-order valence-electron chi connectivity index (χ3n) is 3.07. The van der Waals surface area contributed by atoms with Crippen LogP contribution in [-0.4, -0.2) is 12.6 Å². The Morgan fingerprint density at radius 1 is 1.00 bits per heavy atom. The van der Waals surface area contributed by atoms with Gasteiger partial charge in [0, 0.05) is 6.08 Å². The molecule has 0 aliphatic heterocycles. The number of carbonyl (C=O) groups is 1. The predicted octanol–water partition coefficient (Wildman–Crippen LogP) is 5.19. The van der Waals surface area contributed by atoms with Gasteiger partial charge < -0.3 is 4.74 Å². The lowest BCUT2D eigenvalue weighted by atomic mass is 10.1. The minimum atomic E-state index is -0.262. The molecule has 0 rings (SSSR count). The minimum absolute atomic E-state index is 0.262. The Labute approximate surface area is 118 Å². The summed E-state index contributed by atoms with van der Waals surface area (Å²) in [5.41, 5.74) is 1.33. The van der Waals surface area contributed by atoms with E-state index in [0.29, 0.717) is 6.61 Å². The number of ether oxygens (including phenoxy) is 1. The Morgan fingerprint density at radius 3 is 2.26 bits per heavy atom. The molecule has 0 bridgehead atoms. The van der Waals surface area contributed by atoms with E-state index in [2.05, 4.69) is 13.8 Å². The zero-order valence-electron chi connectivity index (χ0n) is 12.9. The summed E-state index contributed by atoms with van der Waals surface area (Å²) in [6, 6.07) is 0. The van der Waals surface area contributed by atoms with Gasteiger partial charge >= 0.3 is 5.97 Å². The van der Waals surface area contributed by atoms with Gasteiger partial charge in [0.25, 0.3) is 0 Å². The number of carbonyl (C=O) groups excluding carboxylic acids is 1. The molecule has 0 N–H and O–H groups in total. The van der Waals surface area contributed by atoms with Crippen LogP contribution in [0.1, 0.15) is 72.1 Å². The van der Waals surface area contributed by atoms with Crippen molar-refractivity contribution in [1.82, 2.24) is 0 Å². The molecule has 0 aromatic carbocycles. The van der Waals surface area contributed by atoms with Crippen molar-refractivity contribution in [3.8, 4) is 0 Å². The maximum Gasteiger partial charge on any atom is 0.330 e. The average molecular weight is 266 g/mol. The van der Waals surface area contributed by atoms with E-state index < -0.39 is 0 Å². The molecule has 2 nitrogen and oxygen atoms in total. The standard InChI is InChI=1S/C17H30O2/c1-4-6-7-8-9-10-11-13-16(3)14-12-15-17(18)19-5-2/h12,14-15H,4-11,13H2,1-3H3/b15-12-,16-14-. The SMILES string of the molecule is CCCCCCCCC/C(C)=C\C=C/C(=O)OCC. The third kappa shape index (κ3) is 13.2. The molecule has 0 amide bonds. The van der Waals surface area contributed by atoms with E-state index in [1.165, 1.54) is 56.6 Å². The highest BCUT2D eigenvalue weighted by Crippen LogP contribution is 2.12. The fraction of sp³-hybridized carbons (Fsp3) is 0.706. The summed E-state index contributed by atoms with van der Waals surface area (Å²) in [5, 5.41) is 0. The van der Waals surface area contributed by atoms with Crippen LogP contribution in [0.15, 0.2) is 23.8 Å². The van der Waals surface area contributed by atoms with Gasteiger partial charge in [-0.05, 0) is 26.7 Å². The van der Waals surface area contributed by atoms with Crippen LogP contribution >= 0.6 is 0 Å². The van der Waals surface area contributed by atoms with Crippen LogP contribution in [0, 0.1) is 0 Å². The Morgan fingerprint density at radius 2 is 1.63 bits per heavy atom. The molecule has 110 valence electrons. The van der Waals surface area contributed by atoms with Gasteiger partial charge in [0.2, 0.25) is 0 Å². The highest BCUT2D eigenvalue weighted by atomic mass is 16.5. The monoisotopic (exact) mass is 266 g/mol. The molecule has 19 heavy (non-hydrogen) atoms. The Balaban J connectivity index is 3.57. The molecule has 0 aromatic rings. The van der Waals surface area contributed by atoms with Gasteiger partial charge in [0.1, 0.15) is 0 Å². The first-order valence-electron chi connectivity index (χ1n) is 7.71. The first-order valence-corrected chi connectivity index (χ1v) is 7.71. The molecule has 0 aliphatic carbocycles. The number of esters is 1. The number of hydrogen-bond acceptors (Lipinski definition) is 2. The normalized spacial score (nSPS) is 12.1. The Kier molecular flexibility index (Phi) is 12.6. The molecule has 0 spiro atoms. The summed E-state index contributed by atoms with van der Waals surface area (Å²) in [5.74, 6) is -0.262. The maximum atomic E-state index is 11.1. The zero-order chi connectivity index (χ0) is 14.3. The van der Waals surface area contributed by atoms with E-state index in [-0.39, 0.29) is 5.97 Å². The molecule has 0 saturated carbocycles. The van der Waals surface area contributed by atoms with E-state index >= 15 is 0 Å². The van der Waals surface area contributed by atoms with Gasteiger partial charge in [0.05, 0.1) is 6.61 Å². The van der Waals surface area contributed by atoms with E-state index in [0.717, 1.165) is 6.42 Å². The lowest BCUT2D eigenvalue weighted by Crippen LogP contribution is -1.98. The van der Waals surface area contributed by atoms with Crippen molar-refractivity contribution < 1.29 is 9.53 Å². The summed E-state index contributed by atoms with van der Waals surface area (Å²) in [6.45, 7) is 6.61. The highest BCUT2D eigenvalue weighted by Gasteiger charge is 1.93. The summed E-state index contributed by atoms with van der Waals surface area (Å²) in [7, 11) is 0. The highest BCUT2D eigenvalue weighted by molar-refractivity contribution is 5.82. The van der Waals surface area contributed by atoms with E-state index in [4.69, 9.17) is 4.74 Å². The molecule has 0 aromatic heterocycles. The summed E-state index contributed by atoms with van der Waals surface area (Å²) >= 11 is 0. The van der Waals surface area contributed by atoms with Crippen LogP contribution in [0.5, 0.6) is 0 Å². The topological polar surface area (TPSA) is 26.3 Å². The minimum Gasteiger partial charge on any atom is -0.463 e. The summed E-state index contributed by atoms with van der Waals surface area (Å²) in [6.07, 6.45) is 15.8. The largest absolute Gasteiger partial charge is 0.463 e. The smallest absolute Gasteiger partial charge is 0.330 e. The van der Waals surface area contributed by atoms with E-state index in [1.54, 1.807) is 6.08 Å². The van der Waals surface area contributed by atoms with Crippen LogP contribution < -0.4 is 0 Å². The second-order valence-electron chi connectivity index (χ2n) is 5.00. The van der Waals surface area contributed by atoms with Crippen molar-refractivity contribution in [1.29, 1.82) is 0 Å². The van der Waals surface area contributed by atoms with E-state index in [1.807, 2.05) is 13.0 Å². The van der Waals surface area contributed by atoms with Crippen LogP contribution in [-0.2, 0) is 9.53 Å². The molecule has 0 saturated heterocycles. The fourth-order valence-electron chi connectivity index (χ4n) is 1.93. The van der Waals surface area contributed by atoms with Crippen LogP contribution in [0.2, 0.25) is 0 Å². The Bertz CT molecular complexity index is 277. The van der Waals surface area contributed by atoms with Crippen molar-refractivity contribution in [3.63, 3.8) is 0 Å². The molecule has 0 unspecified atom stereocenters. The second-order valence-corrected chi connectivity index (χ2v) is 5.00. The fourth-order valence-corrected chi connectivity index (χ4v) is 1.93. The second kappa shape index (κ2) is 13.4. The average Bonchev–Trinajstić information content (AvgIpc) is 2.38. The molecule has 2 heteroatoms. The van der Waals surface area contributed by atoms with Crippen molar-refractivity contribution in [2.45, 2.75) is 72.1 Å². The molecule has 0 heterocycles. The lowest BCUT2D eigenvalue weighted by Gasteiger charge is -2.01. The van der Waals surface area contributed by atoms with Crippen molar-refractivity contribution >= 4 is 5.97 Å². The van der Waals surface area contributed by atoms with Gasteiger partial charge in [-0.1, -0.05) is 63.2 Å². The molecular formula is C17H30O2. The summed E-state index contributed by atoms with van der Waals surface area (Å²) < 4.78 is 4.81. The lowest BCUT2D eigenvalue weighted by molar-refractivity contribution is -0.137. The van der Waals surface area contributed by atoms with Gasteiger partial charge in [-0.25, -0.2) is 4.79 Å². The first-order chi connectivity index (χ1) is 9.20. The van der Waals surface area contributed by atoms with Crippen molar-refractivity contribution in [2.24, 2.45) is 0 Å². The number of allylic oxidation sites excluding steroid dienone is 3. The predicted molar refractivity (Wildman–Crippen MR) is 82.1 cm³/mol. The number of hydrogen-bond donors (Lipinski definition) is 0. The number of rotatable bonds is 11. The van der Waals surface area contributed by atoms with Crippen LogP contribution in [0.3, 0.4) is 0 Å².